The van der Waals surface area contributed by atoms with Crippen molar-refractivity contribution in [3.05, 3.63) is 78.4 Å². The third-order valence-corrected chi connectivity index (χ3v) is 4.17. The molecule has 0 radical (unpaired) electrons. The van der Waals surface area contributed by atoms with Gasteiger partial charge >= 0.3 is 0 Å². The second-order valence-corrected chi connectivity index (χ2v) is 5.97. The van der Waals surface area contributed by atoms with Gasteiger partial charge in [0, 0.05) is 5.39 Å². The van der Waals surface area contributed by atoms with Gasteiger partial charge in [-0.05, 0) is 52.8 Å². The Bertz CT molecular complexity index is 898. The molecule has 0 N–H and O–H groups in total. The monoisotopic (exact) mass is 338 g/mol. The van der Waals surface area contributed by atoms with Gasteiger partial charge in [-0.25, -0.2) is 8.78 Å². The largest absolute Gasteiger partial charge is 0.490 e. The fourth-order valence-corrected chi connectivity index (χ4v) is 2.91. The third-order valence-electron chi connectivity index (χ3n) is 4.17. The third kappa shape index (κ3) is 3.55. The molecule has 0 aromatic heterocycles. The zero-order valence-electron chi connectivity index (χ0n) is 14.2. The first-order chi connectivity index (χ1) is 12.1. The van der Waals surface area contributed by atoms with E-state index in [2.05, 4.69) is 6.58 Å². The van der Waals surface area contributed by atoms with E-state index in [1.54, 1.807) is 18.2 Å². The topological polar surface area (TPSA) is 9.23 Å². The molecule has 0 unspecified atom stereocenters. The molecule has 0 aliphatic carbocycles. The van der Waals surface area contributed by atoms with Gasteiger partial charge in [0.1, 0.15) is 12.4 Å². The smallest absolute Gasteiger partial charge is 0.166 e. The van der Waals surface area contributed by atoms with Crippen molar-refractivity contribution >= 4 is 10.8 Å². The van der Waals surface area contributed by atoms with Crippen LogP contribution in [0.15, 0.2) is 61.2 Å². The second kappa shape index (κ2) is 7.47. The standard InChI is InChI=1S/C22H20F2O/c1-3-5-18-13-17-7-6-16(14-20(17)22(24)21(18)23)15-8-10-19(11-9-15)25-12-4-2/h4,6-11,13-14H,2-3,5,12H2,1H3. The maximum atomic E-state index is 14.5. The molecule has 0 fully saturated rings. The number of aryl methyl sites for hydroxylation is 1. The van der Waals surface area contributed by atoms with E-state index in [1.807, 2.05) is 43.3 Å². The van der Waals surface area contributed by atoms with Crippen LogP contribution in [-0.2, 0) is 6.42 Å². The van der Waals surface area contributed by atoms with Crippen LogP contribution < -0.4 is 4.74 Å². The van der Waals surface area contributed by atoms with Crippen LogP contribution in [0, 0.1) is 11.6 Å². The van der Waals surface area contributed by atoms with Crippen molar-refractivity contribution in [3.63, 3.8) is 0 Å². The molecule has 3 aromatic carbocycles. The van der Waals surface area contributed by atoms with Crippen molar-refractivity contribution in [1.82, 2.24) is 0 Å². The Morgan fingerprint density at radius 1 is 0.960 bits per heavy atom. The van der Waals surface area contributed by atoms with Crippen molar-refractivity contribution in [2.24, 2.45) is 0 Å². The van der Waals surface area contributed by atoms with Gasteiger partial charge in [-0.1, -0.05) is 50.3 Å². The molecule has 0 saturated carbocycles. The SMILES string of the molecule is C=CCOc1ccc(-c2ccc3cc(CCC)c(F)c(F)c3c2)cc1. The molecule has 0 aliphatic rings. The van der Waals surface area contributed by atoms with Gasteiger partial charge in [0.25, 0.3) is 0 Å². The number of ether oxygens (including phenoxy) is 1. The Balaban J connectivity index is 1.99. The quantitative estimate of drug-likeness (QED) is 0.479. The van der Waals surface area contributed by atoms with Gasteiger partial charge < -0.3 is 4.74 Å². The van der Waals surface area contributed by atoms with E-state index in [0.717, 1.165) is 28.7 Å². The molecule has 3 rings (SSSR count). The Hall–Kier alpha value is -2.68. The van der Waals surface area contributed by atoms with E-state index in [1.165, 1.54) is 0 Å². The summed E-state index contributed by atoms with van der Waals surface area (Å²) >= 11 is 0. The molecule has 1 nitrogen and oxygen atoms in total. The number of fused-ring (bicyclic) bond motifs is 1. The summed E-state index contributed by atoms with van der Waals surface area (Å²) < 4.78 is 34.2. The van der Waals surface area contributed by atoms with Gasteiger partial charge in [-0.2, -0.15) is 0 Å². The zero-order chi connectivity index (χ0) is 17.8. The van der Waals surface area contributed by atoms with E-state index in [0.29, 0.717) is 24.0 Å². The summed E-state index contributed by atoms with van der Waals surface area (Å²) in [4.78, 5) is 0. The number of rotatable bonds is 6. The number of halogens is 2. The lowest BCUT2D eigenvalue weighted by Gasteiger charge is -2.10. The maximum absolute atomic E-state index is 14.5. The minimum atomic E-state index is -0.770. The van der Waals surface area contributed by atoms with Crippen molar-refractivity contribution in [3.8, 4) is 16.9 Å². The first-order valence-electron chi connectivity index (χ1n) is 8.38. The Kier molecular flexibility index (Phi) is 5.13. The van der Waals surface area contributed by atoms with Gasteiger partial charge in [0.2, 0.25) is 0 Å². The van der Waals surface area contributed by atoms with E-state index in [4.69, 9.17) is 4.74 Å². The van der Waals surface area contributed by atoms with Gasteiger partial charge in [0.05, 0.1) is 0 Å². The summed E-state index contributed by atoms with van der Waals surface area (Å²) in [5.41, 5.74) is 2.19. The van der Waals surface area contributed by atoms with E-state index in [9.17, 15) is 8.78 Å². The Morgan fingerprint density at radius 2 is 1.68 bits per heavy atom. The first kappa shape index (κ1) is 17.2. The molecule has 0 heterocycles. The lowest BCUT2D eigenvalue weighted by atomic mass is 9.98. The summed E-state index contributed by atoms with van der Waals surface area (Å²) in [5.74, 6) is -0.765. The Morgan fingerprint density at radius 3 is 2.36 bits per heavy atom. The van der Waals surface area contributed by atoms with Crippen LogP contribution in [0.3, 0.4) is 0 Å². The summed E-state index contributed by atoms with van der Waals surface area (Å²) in [5, 5.41) is 1.03. The fraction of sp³-hybridized carbons (Fsp3) is 0.182. The van der Waals surface area contributed by atoms with E-state index < -0.39 is 11.6 Å². The maximum Gasteiger partial charge on any atom is 0.166 e. The summed E-state index contributed by atoms with van der Waals surface area (Å²) in [6.45, 7) is 6.01. The van der Waals surface area contributed by atoms with Crippen LogP contribution in [0.1, 0.15) is 18.9 Å². The van der Waals surface area contributed by atoms with Gasteiger partial charge in [0.15, 0.2) is 11.6 Å². The van der Waals surface area contributed by atoms with Crippen LogP contribution in [0.2, 0.25) is 0 Å². The van der Waals surface area contributed by atoms with Gasteiger partial charge in [-0.15, -0.1) is 0 Å². The molecule has 0 amide bonds. The van der Waals surface area contributed by atoms with Crippen LogP contribution in [0.4, 0.5) is 8.78 Å². The number of hydrogen-bond donors (Lipinski definition) is 0. The van der Waals surface area contributed by atoms with E-state index >= 15 is 0 Å². The summed E-state index contributed by atoms with van der Waals surface area (Å²) in [6.07, 6.45) is 2.99. The minimum absolute atomic E-state index is 0.307. The minimum Gasteiger partial charge on any atom is -0.490 e. The Labute approximate surface area is 146 Å². The highest BCUT2D eigenvalue weighted by atomic mass is 19.2. The lowest BCUT2D eigenvalue weighted by molar-refractivity contribution is 0.363. The van der Waals surface area contributed by atoms with Crippen molar-refractivity contribution in [1.29, 1.82) is 0 Å². The zero-order valence-corrected chi connectivity index (χ0v) is 14.2. The predicted molar refractivity (Wildman–Crippen MR) is 99.0 cm³/mol. The molecule has 0 atom stereocenters. The average molecular weight is 338 g/mol. The average Bonchev–Trinajstić information content (AvgIpc) is 2.64. The second-order valence-electron chi connectivity index (χ2n) is 5.97. The highest BCUT2D eigenvalue weighted by Gasteiger charge is 2.13. The molecule has 25 heavy (non-hydrogen) atoms. The highest BCUT2D eigenvalue weighted by Crippen LogP contribution is 2.30. The molecule has 3 aromatic rings. The summed E-state index contributed by atoms with van der Waals surface area (Å²) in [7, 11) is 0. The van der Waals surface area contributed by atoms with Crippen LogP contribution in [0.5, 0.6) is 5.75 Å². The predicted octanol–water partition coefficient (Wildman–Crippen LogP) is 6.30. The van der Waals surface area contributed by atoms with E-state index in [-0.39, 0.29) is 0 Å². The number of hydrogen-bond acceptors (Lipinski definition) is 1. The highest BCUT2D eigenvalue weighted by molar-refractivity contribution is 5.88. The molecular weight excluding hydrogens is 318 g/mol. The number of benzene rings is 3. The molecule has 128 valence electrons. The first-order valence-corrected chi connectivity index (χ1v) is 8.38. The summed E-state index contributed by atoms with van der Waals surface area (Å²) in [6, 6.07) is 14.7. The fourth-order valence-electron chi connectivity index (χ4n) is 2.91. The van der Waals surface area contributed by atoms with Crippen LogP contribution in [0.25, 0.3) is 21.9 Å². The van der Waals surface area contributed by atoms with Crippen molar-refractivity contribution in [2.45, 2.75) is 19.8 Å². The molecule has 0 spiro atoms. The lowest BCUT2D eigenvalue weighted by Crippen LogP contribution is -1.96. The molecule has 0 saturated heterocycles. The molecule has 0 bridgehead atoms. The van der Waals surface area contributed by atoms with Crippen LogP contribution in [-0.4, -0.2) is 6.61 Å². The van der Waals surface area contributed by atoms with Crippen molar-refractivity contribution in [2.75, 3.05) is 6.61 Å². The van der Waals surface area contributed by atoms with Crippen LogP contribution >= 0.6 is 0 Å². The molecule has 3 heteroatoms. The molecular formula is C22H20F2O. The van der Waals surface area contributed by atoms with Gasteiger partial charge in [-0.3, -0.25) is 0 Å². The normalized spacial score (nSPS) is 10.8. The van der Waals surface area contributed by atoms with Crippen molar-refractivity contribution < 1.29 is 13.5 Å². The molecule has 0 aliphatic heterocycles.